The summed E-state index contributed by atoms with van der Waals surface area (Å²) in [7, 11) is 3.40. The summed E-state index contributed by atoms with van der Waals surface area (Å²) >= 11 is 1.18. The van der Waals surface area contributed by atoms with Crippen molar-refractivity contribution >= 4 is 28.2 Å². The highest BCUT2D eigenvalue weighted by Gasteiger charge is 2.15. The Morgan fingerprint density at radius 2 is 2.00 bits per heavy atom. The Morgan fingerprint density at radius 1 is 1.35 bits per heavy atom. The van der Waals surface area contributed by atoms with Crippen LogP contribution in [0.15, 0.2) is 12.1 Å². The van der Waals surface area contributed by atoms with Crippen molar-refractivity contribution in [3.8, 4) is 0 Å². The number of hydrogen-bond acceptors (Lipinski definition) is 4. The van der Waals surface area contributed by atoms with Crippen LogP contribution in [-0.4, -0.2) is 49.1 Å². The zero-order valence-corrected chi connectivity index (χ0v) is 11.0. The van der Waals surface area contributed by atoms with Crippen LogP contribution < -0.4 is 4.90 Å². The molecule has 1 aromatic rings. The first kappa shape index (κ1) is 13.5. The Morgan fingerprint density at radius 3 is 2.41 bits per heavy atom. The number of rotatable bonds is 5. The summed E-state index contributed by atoms with van der Waals surface area (Å²) in [4.78, 5) is 26.0. The molecule has 1 aromatic heterocycles. The van der Waals surface area contributed by atoms with Gasteiger partial charge in [-0.25, -0.2) is 4.79 Å². The van der Waals surface area contributed by atoms with Crippen molar-refractivity contribution < 1.29 is 14.7 Å². The molecule has 1 rings (SSSR count). The van der Waals surface area contributed by atoms with Crippen LogP contribution in [0, 0.1) is 0 Å². The Kier molecular flexibility index (Phi) is 4.51. The van der Waals surface area contributed by atoms with Gasteiger partial charge in [-0.15, -0.1) is 11.3 Å². The summed E-state index contributed by atoms with van der Waals surface area (Å²) in [6, 6.07) is 3.30. The summed E-state index contributed by atoms with van der Waals surface area (Å²) in [6.07, 6.45) is 0. The second-order valence-electron chi connectivity index (χ2n) is 3.75. The molecule has 6 heteroatoms. The van der Waals surface area contributed by atoms with Crippen LogP contribution in [0.3, 0.4) is 0 Å². The van der Waals surface area contributed by atoms with Gasteiger partial charge in [0.15, 0.2) is 0 Å². The van der Waals surface area contributed by atoms with Gasteiger partial charge in [0.1, 0.15) is 4.88 Å². The molecule has 0 bridgehead atoms. The lowest BCUT2D eigenvalue weighted by molar-refractivity contribution is -0.127. The summed E-state index contributed by atoms with van der Waals surface area (Å²) in [5.74, 6) is -0.937. The third-order valence-corrected chi connectivity index (χ3v) is 3.45. The number of carboxylic acids is 1. The van der Waals surface area contributed by atoms with Gasteiger partial charge in [-0.2, -0.15) is 0 Å². The summed E-state index contributed by atoms with van der Waals surface area (Å²) < 4.78 is 0. The van der Waals surface area contributed by atoms with Crippen LogP contribution in [0.4, 0.5) is 5.00 Å². The van der Waals surface area contributed by atoms with Gasteiger partial charge in [-0.3, -0.25) is 4.79 Å². The van der Waals surface area contributed by atoms with E-state index in [-0.39, 0.29) is 17.3 Å². The third kappa shape index (κ3) is 3.45. The molecule has 1 amide bonds. The Labute approximate surface area is 104 Å². The molecule has 0 atom stereocenters. The lowest BCUT2D eigenvalue weighted by Gasteiger charge is -2.22. The number of likely N-dealkylation sites (N-methyl/N-ethyl adjacent to an activating group) is 2. The van der Waals surface area contributed by atoms with Gasteiger partial charge in [0.05, 0.1) is 11.5 Å². The Bertz CT molecular complexity index is 415. The molecule has 0 saturated carbocycles. The Balaban J connectivity index is 2.79. The number of thiophene rings is 1. The highest BCUT2D eigenvalue weighted by Crippen LogP contribution is 2.25. The molecule has 0 unspecified atom stereocenters. The van der Waals surface area contributed by atoms with Gasteiger partial charge in [0, 0.05) is 20.6 Å². The van der Waals surface area contributed by atoms with E-state index in [2.05, 4.69) is 0 Å². The predicted octanol–water partition coefficient (Wildman–Crippen LogP) is 1.36. The second kappa shape index (κ2) is 5.67. The van der Waals surface area contributed by atoms with Crippen molar-refractivity contribution in [1.29, 1.82) is 0 Å². The molecule has 0 aromatic carbocycles. The lowest BCUT2D eigenvalue weighted by Crippen LogP contribution is -2.36. The number of carboxylic acid groups (broad SMARTS) is 1. The third-order valence-electron chi connectivity index (χ3n) is 2.32. The summed E-state index contributed by atoms with van der Waals surface area (Å²) in [5, 5.41) is 9.65. The molecule has 0 fully saturated rings. The zero-order valence-electron chi connectivity index (χ0n) is 10.1. The van der Waals surface area contributed by atoms with Crippen molar-refractivity contribution in [2.75, 3.05) is 32.1 Å². The predicted molar refractivity (Wildman–Crippen MR) is 67.9 cm³/mol. The van der Waals surface area contributed by atoms with E-state index in [1.165, 1.54) is 16.2 Å². The van der Waals surface area contributed by atoms with E-state index in [4.69, 9.17) is 5.11 Å². The number of nitrogens with zero attached hydrogens (tertiary/aromatic N) is 2. The molecular formula is C11H16N2O3S. The number of amides is 1. The smallest absolute Gasteiger partial charge is 0.345 e. The first-order valence-electron chi connectivity index (χ1n) is 5.24. The van der Waals surface area contributed by atoms with Crippen molar-refractivity contribution in [2.45, 2.75) is 6.92 Å². The molecule has 0 saturated heterocycles. The van der Waals surface area contributed by atoms with E-state index in [0.29, 0.717) is 6.54 Å². The van der Waals surface area contributed by atoms with E-state index in [1.54, 1.807) is 26.2 Å². The van der Waals surface area contributed by atoms with Crippen LogP contribution in [-0.2, 0) is 4.79 Å². The van der Waals surface area contributed by atoms with E-state index >= 15 is 0 Å². The number of carbonyl (C=O) groups is 2. The molecule has 94 valence electrons. The van der Waals surface area contributed by atoms with Crippen LogP contribution in [0.5, 0.6) is 0 Å². The maximum Gasteiger partial charge on any atom is 0.345 e. The minimum absolute atomic E-state index is 0.00266. The Hall–Kier alpha value is -1.56. The fourth-order valence-electron chi connectivity index (χ4n) is 1.26. The molecule has 0 aliphatic heterocycles. The van der Waals surface area contributed by atoms with Gasteiger partial charge in [0.2, 0.25) is 5.91 Å². The first-order chi connectivity index (χ1) is 7.95. The molecule has 0 aliphatic rings. The van der Waals surface area contributed by atoms with Gasteiger partial charge >= 0.3 is 5.97 Å². The molecule has 0 aliphatic carbocycles. The summed E-state index contributed by atoms with van der Waals surface area (Å²) in [6.45, 7) is 2.87. The molecular weight excluding hydrogens is 240 g/mol. The van der Waals surface area contributed by atoms with Crippen LogP contribution in [0.25, 0.3) is 0 Å². The number of carbonyl (C=O) groups excluding carboxylic acids is 1. The normalized spacial score (nSPS) is 10.1. The monoisotopic (exact) mass is 256 g/mol. The van der Waals surface area contributed by atoms with Crippen LogP contribution in [0.1, 0.15) is 16.6 Å². The fraction of sp³-hybridized carbons (Fsp3) is 0.455. The first-order valence-corrected chi connectivity index (χ1v) is 6.05. The van der Waals surface area contributed by atoms with Crippen molar-refractivity contribution in [3.05, 3.63) is 17.0 Å². The van der Waals surface area contributed by atoms with Crippen molar-refractivity contribution in [2.24, 2.45) is 0 Å². The number of hydrogen-bond donors (Lipinski definition) is 1. The average molecular weight is 256 g/mol. The molecule has 1 N–H and O–H groups in total. The van der Waals surface area contributed by atoms with E-state index in [1.807, 2.05) is 11.8 Å². The lowest BCUT2D eigenvalue weighted by atomic mass is 10.4. The van der Waals surface area contributed by atoms with Crippen molar-refractivity contribution in [1.82, 2.24) is 4.90 Å². The minimum Gasteiger partial charge on any atom is -0.477 e. The molecule has 17 heavy (non-hydrogen) atoms. The van der Waals surface area contributed by atoms with E-state index in [0.717, 1.165) is 5.00 Å². The second-order valence-corrected chi connectivity index (χ2v) is 4.81. The van der Waals surface area contributed by atoms with E-state index in [9.17, 15) is 9.59 Å². The maximum absolute atomic E-state index is 11.6. The van der Waals surface area contributed by atoms with Crippen LogP contribution in [0.2, 0.25) is 0 Å². The molecule has 5 nitrogen and oxygen atoms in total. The van der Waals surface area contributed by atoms with Gasteiger partial charge in [-0.05, 0) is 19.1 Å². The SMILES string of the molecule is CCN(CC(=O)N(C)C)c1ccc(C(=O)O)s1. The molecule has 0 spiro atoms. The highest BCUT2D eigenvalue weighted by molar-refractivity contribution is 7.17. The topological polar surface area (TPSA) is 60.9 Å². The summed E-state index contributed by atoms with van der Waals surface area (Å²) in [5.41, 5.74) is 0. The largest absolute Gasteiger partial charge is 0.477 e. The van der Waals surface area contributed by atoms with Gasteiger partial charge < -0.3 is 14.9 Å². The van der Waals surface area contributed by atoms with E-state index < -0.39 is 5.97 Å². The molecule has 0 radical (unpaired) electrons. The zero-order chi connectivity index (χ0) is 13.0. The van der Waals surface area contributed by atoms with Gasteiger partial charge in [-0.1, -0.05) is 0 Å². The quantitative estimate of drug-likeness (QED) is 0.864. The minimum atomic E-state index is -0.934. The number of aromatic carboxylic acids is 1. The standard InChI is InChI=1S/C11H16N2O3S/c1-4-13(7-9(14)12(2)3)10-6-5-8(17-10)11(15)16/h5-6H,4,7H2,1-3H3,(H,15,16). The highest BCUT2D eigenvalue weighted by atomic mass is 32.1. The van der Waals surface area contributed by atoms with Crippen molar-refractivity contribution in [3.63, 3.8) is 0 Å². The van der Waals surface area contributed by atoms with Gasteiger partial charge in [0.25, 0.3) is 0 Å². The molecule has 1 heterocycles. The van der Waals surface area contributed by atoms with Crippen LogP contribution >= 0.6 is 11.3 Å². The number of anilines is 1. The maximum atomic E-state index is 11.6. The fourth-order valence-corrected chi connectivity index (χ4v) is 2.17. The average Bonchev–Trinajstić information content (AvgIpc) is 2.74.